The number of ketones is 1. The molecule has 0 saturated carbocycles. The maximum absolute atomic E-state index is 12.7. The molecular formula is C26H21BrO4. The first kappa shape index (κ1) is 21.1. The number of fused-ring (bicyclic) bond motifs is 1. The molecule has 5 heteroatoms. The molecule has 3 aromatic carbocycles. The molecule has 0 bridgehead atoms. The zero-order valence-corrected chi connectivity index (χ0v) is 18.9. The van der Waals surface area contributed by atoms with E-state index in [1.807, 2.05) is 68.4 Å². The molecular weight excluding hydrogens is 456 g/mol. The van der Waals surface area contributed by atoms with E-state index in [4.69, 9.17) is 9.15 Å². The molecule has 0 unspecified atom stereocenters. The molecule has 0 amide bonds. The van der Waals surface area contributed by atoms with Gasteiger partial charge in [0.25, 0.3) is 0 Å². The molecule has 4 aromatic rings. The number of Topliss-reactive ketones (excluding diaryl/α,β-unsaturated/α-hetero) is 1. The summed E-state index contributed by atoms with van der Waals surface area (Å²) in [5.41, 5.74) is 4.00. The molecule has 1 heterocycles. The number of hydrogen-bond acceptors (Lipinski definition) is 4. The number of benzene rings is 3. The van der Waals surface area contributed by atoms with Crippen LogP contribution >= 0.6 is 15.9 Å². The lowest BCUT2D eigenvalue weighted by molar-refractivity contribution is 0.0922. The minimum atomic E-state index is -0.351. The first-order valence-corrected chi connectivity index (χ1v) is 10.7. The second-order valence-electron chi connectivity index (χ2n) is 7.51. The highest BCUT2D eigenvalue weighted by atomic mass is 79.9. The summed E-state index contributed by atoms with van der Waals surface area (Å²) in [5.74, 6) is 0.415. The van der Waals surface area contributed by atoms with Crippen LogP contribution in [0.4, 0.5) is 0 Å². The highest BCUT2D eigenvalue weighted by molar-refractivity contribution is 9.10. The number of ether oxygens (including phenoxy) is 1. The summed E-state index contributed by atoms with van der Waals surface area (Å²) in [6.45, 7) is 3.69. The summed E-state index contributed by atoms with van der Waals surface area (Å²) in [5, 5.41) is 0.722. The van der Waals surface area contributed by atoms with Crippen molar-refractivity contribution in [2.75, 3.05) is 6.61 Å². The summed E-state index contributed by atoms with van der Waals surface area (Å²) in [6, 6.07) is 20.6. The third-order valence-electron chi connectivity index (χ3n) is 5.24. The second-order valence-corrected chi connectivity index (χ2v) is 8.43. The van der Waals surface area contributed by atoms with Crippen molar-refractivity contribution in [2.24, 2.45) is 0 Å². The quantitative estimate of drug-likeness (QED) is 0.252. The van der Waals surface area contributed by atoms with Gasteiger partial charge in [-0.2, -0.15) is 0 Å². The zero-order valence-electron chi connectivity index (χ0n) is 17.3. The van der Waals surface area contributed by atoms with Crippen LogP contribution in [0.5, 0.6) is 5.75 Å². The molecule has 4 rings (SSSR count). The van der Waals surface area contributed by atoms with E-state index in [-0.39, 0.29) is 18.0 Å². The Kier molecular flexibility index (Phi) is 6.05. The van der Waals surface area contributed by atoms with E-state index in [0.717, 1.165) is 26.5 Å². The van der Waals surface area contributed by atoms with Crippen molar-refractivity contribution < 1.29 is 13.9 Å². The van der Waals surface area contributed by atoms with Crippen LogP contribution in [0.2, 0.25) is 0 Å². The SMILES string of the molecule is Cc1cc(OCC(=O)c2ccc(Br)cc2)c2c(C)c(Cc3ccccc3)c(=O)oc2c1. The number of carbonyl (C=O) groups excluding carboxylic acids is 1. The number of hydrogen-bond donors (Lipinski definition) is 0. The summed E-state index contributed by atoms with van der Waals surface area (Å²) in [6.07, 6.45) is 0.468. The van der Waals surface area contributed by atoms with E-state index in [9.17, 15) is 9.59 Å². The number of rotatable bonds is 6. The van der Waals surface area contributed by atoms with E-state index in [1.54, 1.807) is 12.1 Å². The van der Waals surface area contributed by atoms with E-state index in [2.05, 4.69) is 15.9 Å². The van der Waals surface area contributed by atoms with Gasteiger partial charge in [-0.05, 0) is 54.8 Å². The average molecular weight is 477 g/mol. The third kappa shape index (κ3) is 4.62. The monoisotopic (exact) mass is 476 g/mol. The minimum absolute atomic E-state index is 0.104. The van der Waals surface area contributed by atoms with Crippen LogP contribution in [-0.4, -0.2) is 12.4 Å². The van der Waals surface area contributed by atoms with Crippen LogP contribution in [-0.2, 0) is 6.42 Å². The molecule has 0 N–H and O–H groups in total. The Morgan fingerprint density at radius 1 is 1.00 bits per heavy atom. The average Bonchev–Trinajstić information content (AvgIpc) is 2.75. The van der Waals surface area contributed by atoms with Crippen LogP contribution in [0.15, 0.2) is 80.4 Å². The first-order valence-electron chi connectivity index (χ1n) is 9.95. The molecule has 0 aliphatic carbocycles. The van der Waals surface area contributed by atoms with Crippen molar-refractivity contribution in [1.29, 1.82) is 0 Å². The van der Waals surface area contributed by atoms with Crippen molar-refractivity contribution in [3.8, 4) is 5.75 Å². The van der Waals surface area contributed by atoms with Gasteiger partial charge in [-0.25, -0.2) is 4.79 Å². The fourth-order valence-corrected chi connectivity index (χ4v) is 3.88. The van der Waals surface area contributed by atoms with Crippen LogP contribution in [0.3, 0.4) is 0 Å². The Morgan fingerprint density at radius 3 is 2.42 bits per heavy atom. The standard InChI is InChI=1S/C26H21BrO4/c1-16-12-23(30-15-22(28)19-8-10-20(27)11-9-19)25-17(2)21(26(29)31-24(25)13-16)14-18-6-4-3-5-7-18/h3-13H,14-15H2,1-2H3. The normalized spacial score (nSPS) is 10.9. The Bertz CT molecular complexity index is 1310. The van der Waals surface area contributed by atoms with Crippen LogP contribution < -0.4 is 10.4 Å². The molecule has 0 atom stereocenters. The molecule has 0 spiro atoms. The molecule has 0 saturated heterocycles. The van der Waals surface area contributed by atoms with Gasteiger partial charge in [0.2, 0.25) is 0 Å². The summed E-state index contributed by atoms with van der Waals surface area (Å²) in [7, 11) is 0. The van der Waals surface area contributed by atoms with Crippen LogP contribution in [0.25, 0.3) is 11.0 Å². The first-order chi connectivity index (χ1) is 14.9. The Labute approximate surface area is 188 Å². The summed E-state index contributed by atoms with van der Waals surface area (Å²) in [4.78, 5) is 25.3. The highest BCUT2D eigenvalue weighted by Crippen LogP contribution is 2.32. The van der Waals surface area contributed by atoms with Gasteiger partial charge in [-0.3, -0.25) is 4.79 Å². The second kappa shape index (κ2) is 8.90. The van der Waals surface area contributed by atoms with E-state index in [1.165, 1.54) is 0 Å². The fourth-order valence-electron chi connectivity index (χ4n) is 3.62. The third-order valence-corrected chi connectivity index (χ3v) is 5.76. The van der Waals surface area contributed by atoms with Crippen molar-refractivity contribution in [3.05, 3.63) is 109 Å². The van der Waals surface area contributed by atoms with E-state index >= 15 is 0 Å². The maximum Gasteiger partial charge on any atom is 0.340 e. The zero-order chi connectivity index (χ0) is 22.0. The Hall–Kier alpha value is -3.18. The van der Waals surface area contributed by atoms with Gasteiger partial charge < -0.3 is 9.15 Å². The molecule has 0 fully saturated rings. The smallest absolute Gasteiger partial charge is 0.340 e. The number of halogens is 1. The predicted molar refractivity (Wildman–Crippen MR) is 125 cm³/mol. The lowest BCUT2D eigenvalue weighted by atomic mass is 9.98. The van der Waals surface area contributed by atoms with Gasteiger partial charge >= 0.3 is 5.63 Å². The van der Waals surface area contributed by atoms with Gasteiger partial charge in [0, 0.05) is 22.0 Å². The van der Waals surface area contributed by atoms with Gasteiger partial charge in [-0.15, -0.1) is 0 Å². The van der Waals surface area contributed by atoms with Gasteiger partial charge in [-0.1, -0.05) is 58.4 Å². The number of aryl methyl sites for hydroxylation is 2. The molecule has 0 aliphatic heterocycles. The topological polar surface area (TPSA) is 56.5 Å². The van der Waals surface area contributed by atoms with Gasteiger partial charge in [0.1, 0.15) is 11.3 Å². The van der Waals surface area contributed by atoms with Gasteiger partial charge in [0.15, 0.2) is 12.4 Å². The number of carbonyl (C=O) groups is 1. The molecule has 31 heavy (non-hydrogen) atoms. The van der Waals surface area contributed by atoms with Crippen molar-refractivity contribution in [1.82, 2.24) is 0 Å². The predicted octanol–water partition coefficient (Wildman–Crippen LogP) is 6.02. The van der Waals surface area contributed by atoms with Crippen molar-refractivity contribution in [3.63, 3.8) is 0 Å². The maximum atomic E-state index is 12.7. The van der Waals surface area contributed by atoms with Crippen LogP contribution in [0, 0.1) is 13.8 Å². The molecule has 4 nitrogen and oxygen atoms in total. The van der Waals surface area contributed by atoms with Crippen LogP contribution in [0.1, 0.15) is 32.6 Å². The lowest BCUT2D eigenvalue weighted by Gasteiger charge is -2.14. The molecule has 1 aromatic heterocycles. The molecule has 0 aliphatic rings. The summed E-state index contributed by atoms with van der Waals surface area (Å²) >= 11 is 3.37. The Morgan fingerprint density at radius 2 is 1.71 bits per heavy atom. The molecule has 156 valence electrons. The van der Waals surface area contributed by atoms with Crippen molar-refractivity contribution >= 4 is 32.7 Å². The molecule has 0 radical (unpaired) electrons. The van der Waals surface area contributed by atoms with Crippen molar-refractivity contribution in [2.45, 2.75) is 20.3 Å². The summed E-state index contributed by atoms with van der Waals surface area (Å²) < 4.78 is 12.5. The minimum Gasteiger partial charge on any atom is -0.485 e. The van der Waals surface area contributed by atoms with E-state index < -0.39 is 0 Å². The van der Waals surface area contributed by atoms with E-state index in [0.29, 0.717) is 28.9 Å². The highest BCUT2D eigenvalue weighted by Gasteiger charge is 2.17. The van der Waals surface area contributed by atoms with Gasteiger partial charge in [0.05, 0.1) is 5.39 Å². The Balaban J connectivity index is 1.70. The largest absolute Gasteiger partial charge is 0.485 e. The lowest BCUT2D eigenvalue weighted by Crippen LogP contribution is -2.14. The fraction of sp³-hybridized carbons (Fsp3) is 0.154.